The molecule has 0 aliphatic rings. The summed E-state index contributed by atoms with van der Waals surface area (Å²) in [5.74, 6) is -3.65. The van der Waals surface area contributed by atoms with E-state index < -0.39 is 18.0 Å². The van der Waals surface area contributed by atoms with Gasteiger partial charge in [0.1, 0.15) is 0 Å². The number of aliphatic hydroxyl groups excluding tert-OH is 1. The lowest BCUT2D eigenvalue weighted by Gasteiger charge is -2.07. The number of hydrogen-bond acceptors (Lipinski definition) is 4. The largest absolute Gasteiger partial charge is 0.473 e. The van der Waals surface area contributed by atoms with Crippen molar-refractivity contribution in [3.8, 4) is 0 Å². The number of hydrogen-bond donors (Lipinski definition) is 4. The number of carbonyl (C=O) groups is 2. The predicted molar refractivity (Wildman–Crippen MR) is 60.5 cm³/mol. The lowest BCUT2D eigenvalue weighted by molar-refractivity contribution is -0.159. The lowest BCUT2D eigenvalue weighted by atomic mass is 10.1. The van der Waals surface area contributed by atoms with Crippen molar-refractivity contribution in [2.24, 2.45) is 5.73 Å². The average molecular weight is 241 g/mol. The minimum Gasteiger partial charge on any atom is -0.473 e. The number of rotatable bonds is 2. The van der Waals surface area contributed by atoms with E-state index >= 15 is 0 Å². The Labute approximate surface area is 98.3 Å². The Bertz CT molecular complexity index is 362. The summed E-state index contributed by atoms with van der Waals surface area (Å²) in [7, 11) is 0. The van der Waals surface area contributed by atoms with E-state index in [1.54, 1.807) is 0 Å². The summed E-state index contributed by atoms with van der Waals surface area (Å²) >= 11 is 0. The van der Waals surface area contributed by atoms with Crippen LogP contribution in [0, 0.1) is 6.92 Å². The number of aryl methyl sites for hydroxylation is 1. The quantitative estimate of drug-likeness (QED) is 0.546. The Morgan fingerprint density at radius 2 is 1.59 bits per heavy atom. The summed E-state index contributed by atoms with van der Waals surface area (Å²) in [6.07, 6.45) is -0.518. The third kappa shape index (κ3) is 6.29. The molecule has 0 bridgehead atoms. The molecule has 0 spiro atoms. The molecule has 0 fully saturated rings. The average Bonchev–Trinajstić information content (AvgIpc) is 2.29. The van der Waals surface area contributed by atoms with Gasteiger partial charge in [0, 0.05) is 6.54 Å². The van der Waals surface area contributed by atoms with Crippen molar-refractivity contribution in [1.82, 2.24) is 0 Å². The molecular weight excluding hydrogens is 226 g/mol. The normalized spacial score (nSPS) is 11.0. The molecular formula is C11H15NO5. The molecule has 1 rings (SSSR count). The van der Waals surface area contributed by atoms with E-state index in [9.17, 15) is 5.11 Å². The second-order valence-electron chi connectivity index (χ2n) is 3.27. The van der Waals surface area contributed by atoms with Crippen LogP contribution in [0.15, 0.2) is 24.3 Å². The van der Waals surface area contributed by atoms with E-state index in [1.807, 2.05) is 31.2 Å². The first-order valence-corrected chi connectivity index (χ1v) is 4.79. The summed E-state index contributed by atoms with van der Waals surface area (Å²) in [5.41, 5.74) is 7.37. The first-order valence-electron chi connectivity index (χ1n) is 4.79. The third-order valence-electron chi connectivity index (χ3n) is 1.87. The summed E-state index contributed by atoms with van der Waals surface area (Å²) in [4.78, 5) is 18.2. The molecule has 6 heteroatoms. The Kier molecular flexibility index (Phi) is 6.54. The minimum atomic E-state index is -1.82. The fourth-order valence-electron chi connectivity index (χ4n) is 0.925. The smallest absolute Gasteiger partial charge is 0.414 e. The van der Waals surface area contributed by atoms with Gasteiger partial charge in [0.15, 0.2) is 0 Å². The van der Waals surface area contributed by atoms with Crippen molar-refractivity contribution >= 4 is 11.9 Å². The molecule has 1 unspecified atom stereocenters. The zero-order valence-electron chi connectivity index (χ0n) is 9.33. The second kappa shape index (κ2) is 7.37. The van der Waals surface area contributed by atoms with Crippen molar-refractivity contribution in [3.05, 3.63) is 35.4 Å². The van der Waals surface area contributed by atoms with Crippen molar-refractivity contribution in [2.75, 3.05) is 6.54 Å². The van der Waals surface area contributed by atoms with E-state index in [1.165, 1.54) is 5.56 Å². The van der Waals surface area contributed by atoms with E-state index in [0.29, 0.717) is 0 Å². The van der Waals surface area contributed by atoms with Gasteiger partial charge in [-0.2, -0.15) is 0 Å². The van der Waals surface area contributed by atoms with Gasteiger partial charge in [-0.05, 0) is 12.5 Å². The molecule has 94 valence electrons. The van der Waals surface area contributed by atoms with E-state index in [0.717, 1.165) is 5.56 Å². The van der Waals surface area contributed by atoms with Crippen LogP contribution in [-0.4, -0.2) is 33.8 Å². The Balaban J connectivity index is 0.000000366. The van der Waals surface area contributed by atoms with Gasteiger partial charge in [-0.15, -0.1) is 0 Å². The molecule has 5 N–H and O–H groups in total. The van der Waals surface area contributed by atoms with Gasteiger partial charge in [0.2, 0.25) is 0 Å². The van der Waals surface area contributed by atoms with E-state index in [4.69, 9.17) is 25.5 Å². The van der Waals surface area contributed by atoms with Crippen LogP contribution in [0.25, 0.3) is 0 Å². The first-order chi connectivity index (χ1) is 7.88. The zero-order valence-corrected chi connectivity index (χ0v) is 9.33. The molecule has 0 heterocycles. The van der Waals surface area contributed by atoms with Gasteiger partial charge >= 0.3 is 11.9 Å². The maximum atomic E-state index is 9.30. The van der Waals surface area contributed by atoms with Gasteiger partial charge < -0.3 is 21.1 Å². The maximum Gasteiger partial charge on any atom is 0.414 e. The standard InChI is InChI=1S/C9H13NO.C2H2O4/c1-7-2-4-8(5-3-7)9(11)6-10;3-1(4)2(5)6/h2-5,9,11H,6,10H2,1H3;(H,3,4)(H,5,6). The zero-order chi connectivity index (χ0) is 13.4. The van der Waals surface area contributed by atoms with Crippen LogP contribution < -0.4 is 5.73 Å². The monoisotopic (exact) mass is 241 g/mol. The number of aliphatic hydroxyl groups is 1. The molecule has 0 saturated carbocycles. The molecule has 0 aromatic heterocycles. The summed E-state index contributed by atoms with van der Waals surface area (Å²) < 4.78 is 0. The number of nitrogens with two attached hydrogens (primary N) is 1. The molecule has 0 radical (unpaired) electrons. The summed E-state index contributed by atoms with van der Waals surface area (Å²) in [5, 5.41) is 24.1. The Morgan fingerprint density at radius 1 is 1.18 bits per heavy atom. The van der Waals surface area contributed by atoms with Crippen molar-refractivity contribution in [1.29, 1.82) is 0 Å². The van der Waals surface area contributed by atoms with Crippen LogP contribution in [0.5, 0.6) is 0 Å². The van der Waals surface area contributed by atoms with Crippen LogP contribution >= 0.6 is 0 Å². The van der Waals surface area contributed by atoms with Crippen molar-refractivity contribution in [3.63, 3.8) is 0 Å². The molecule has 0 saturated heterocycles. The van der Waals surface area contributed by atoms with Crippen LogP contribution in [0.2, 0.25) is 0 Å². The molecule has 6 nitrogen and oxygen atoms in total. The van der Waals surface area contributed by atoms with Gasteiger partial charge in [-0.3, -0.25) is 0 Å². The van der Waals surface area contributed by atoms with Crippen LogP contribution in [0.3, 0.4) is 0 Å². The molecule has 0 aliphatic carbocycles. The molecule has 0 amide bonds. The molecule has 1 aromatic rings. The van der Waals surface area contributed by atoms with Crippen LogP contribution in [-0.2, 0) is 9.59 Å². The summed E-state index contributed by atoms with van der Waals surface area (Å²) in [6, 6.07) is 7.72. The Hall–Kier alpha value is -1.92. The SMILES string of the molecule is Cc1ccc(C(O)CN)cc1.O=C(O)C(=O)O. The van der Waals surface area contributed by atoms with Crippen LogP contribution in [0.4, 0.5) is 0 Å². The minimum absolute atomic E-state index is 0.281. The van der Waals surface area contributed by atoms with E-state index in [2.05, 4.69) is 0 Å². The number of benzene rings is 1. The molecule has 0 aliphatic heterocycles. The number of aliphatic carboxylic acids is 2. The topological polar surface area (TPSA) is 121 Å². The van der Waals surface area contributed by atoms with Crippen molar-refractivity contribution in [2.45, 2.75) is 13.0 Å². The predicted octanol–water partition coefficient (Wildman–Crippen LogP) is 0.143. The molecule has 17 heavy (non-hydrogen) atoms. The second-order valence-corrected chi connectivity index (χ2v) is 3.27. The van der Waals surface area contributed by atoms with Gasteiger partial charge in [0.05, 0.1) is 6.10 Å². The fraction of sp³-hybridized carbons (Fsp3) is 0.273. The number of carboxylic acids is 2. The van der Waals surface area contributed by atoms with Gasteiger partial charge in [-0.25, -0.2) is 9.59 Å². The van der Waals surface area contributed by atoms with E-state index in [-0.39, 0.29) is 6.54 Å². The third-order valence-corrected chi connectivity index (χ3v) is 1.87. The Morgan fingerprint density at radius 3 is 1.88 bits per heavy atom. The maximum absolute atomic E-state index is 9.30. The van der Waals surface area contributed by atoms with Crippen molar-refractivity contribution < 1.29 is 24.9 Å². The highest BCUT2D eigenvalue weighted by Gasteiger charge is 2.04. The lowest BCUT2D eigenvalue weighted by Crippen LogP contribution is -2.11. The highest BCUT2D eigenvalue weighted by molar-refractivity contribution is 6.27. The van der Waals surface area contributed by atoms with Gasteiger partial charge in [-0.1, -0.05) is 29.8 Å². The highest BCUT2D eigenvalue weighted by atomic mass is 16.4. The number of carboxylic acid groups (broad SMARTS) is 2. The van der Waals surface area contributed by atoms with Crippen LogP contribution in [0.1, 0.15) is 17.2 Å². The summed E-state index contributed by atoms with van der Waals surface area (Å²) in [6.45, 7) is 2.29. The van der Waals surface area contributed by atoms with Gasteiger partial charge in [0.25, 0.3) is 0 Å². The molecule has 1 atom stereocenters. The molecule has 1 aromatic carbocycles. The first kappa shape index (κ1) is 15.1. The highest BCUT2D eigenvalue weighted by Crippen LogP contribution is 2.11. The fourth-order valence-corrected chi connectivity index (χ4v) is 0.925.